The maximum absolute atomic E-state index is 11.6. The number of methoxy groups -OCH3 is 1. The molecule has 1 aliphatic heterocycles. The molecule has 196 valence electrons. The van der Waals surface area contributed by atoms with E-state index >= 15 is 0 Å². The summed E-state index contributed by atoms with van der Waals surface area (Å²) in [4.78, 5) is 20.9. The standard InChI is InChI=1S/C17H16BrClN2O2.C9H9BrClNO2/c1-10-7-11(4-6-15(10)22-2)17(9-23-16(20)21-17)12-3-5-14(19)13(18)8-12;1-12(14-2)9(13)6-3-4-8(11)7(10)5-6/h3-8H,9H2,1-2H3,(H2,20,21);3-5H,1-2H3. The van der Waals surface area contributed by atoms with E-state index in [2.05, 4.69) is 36.9 Å². The third-order valence-corrected chi connectivity index (χ3v) is 8.15. The molecule has 0 radical (unpaired) electrons. The van der Waals surface area contributed by atoms with Gasteiger partial charge >= 0.3 is 0 Å². The Hall–Kier alpha value is -2.30. The number of carbonyl (C=O) groups is 1. The van der Waals surface area contributed by atoms with Gasteiger partial charge in [0.05, 0.1) is 24.3 Å². The summed E-state index contributed by atoms with van der Waals surface area (Å²) in [5.74, 6) is 0.613. The number of benzene rings is 3. The number of aryl methyl sites for hydroxylation is 1. The van der Waals surface area contributed by atoms with Gasteiger partial charge in [0, 0.05) is 21.6 Å². The third kappa shape index (κ3) is 6.59. The van der Waals surface area contributed by atoms with Gasteiger partial charge in [-0.15, -0.1) is 0 Å². The highest BCUT2D eigenvalue weighted by Crippen LogP contribution is 2.40. The lowest BCUT2D eigenvalue weighted by atomic mass is 9.83. The molecule has 11 heteroatoms. The summed E-state index contributed by atoms with van der Waals surface area (Å²) in [5.41, 5.74) is 8.62. The molecule has 37 heavy (non-hydrogen) atoms. The zero-order valence-electron chi connectivity index (χ0n) is 20.5. The van der Waals surface area contributed by atoms with Crippen molar-refractivity contribution in [3.05, 3.63) is 95.8 Å². The Kier molecular flexibility index (Phi) is 9.88. The number of amides is 1. The van der Waals surface area contributed by atoms with Gasteiger partial charge in [-0.3, -0.25) is 9.63 Å². The van der Waals surface area contributed by atoms with Gasteiger partial charge in [-0.25, -0.2) is 10.1 Å². The van der Waals surface area contributed by atoms with E-state index in [4.69, 9.17) is 43.2 Å². The molecule has 0 saturated heterocycles. The number of nitrogens with two attached hydrogens (primary N) is 1. The van der Waals surface area contributed by atoms with Crippen LogP contribution in [0.2, 0.25) is 10.0 Å². The first-order valence-corrected chi connectivity index (χ1v) is 13.2. The molecule has 7 nitrogen and oxygen atoms in total. The molecule has 4 rings (SSSR count). The maximum atomic E-state index is 11.6. The number of rotatable bonds is 5. The molecule has 3 aromatic rings. The molecular formula is C26H25Br2Cl2N3O4. The average molecular weight is 674 g/mol. The van der Waals surface area contributed by atoms with Crippen molar-refractivity contribution in [2.45, 2.75) is 12.5 Å². The minimum absolute atomic E-state index is 0.185. The van der Waals surface area contributed by atoms with Crippen LogP contribution in [0.3, 0.4) is 0 Å². The predicted octanol–water partition coefficient (Wildman–Crippen LogP) is 6.74. The monoisotopic (exact) mass is 671 g/mol. The molecule has 0 aliphatic carbocycles. The van der Waals surface area contributed by atoms with Crippen LogP contribution < -0.4 is 10.5 Å². The number of ether oxygens (including phenoxy) is 2. The van der Waals surface area contributed by atoms with E-state index in [0.29, 0.717) is 26.7 Å². The summed E-state index contributed by atoms with van der Waals surface area (Å²) in [5, 5.41) is 2.36. The Morgan fingerprint density at radius 2 is 1.62 bits per heavy atom. The van der Waals surface area contributed by atoms with Crippen LogP contribution >= 0.6 is 55.1 Å². The fourth-order valence-corrected chi connectivity index (χ4v) is 4.67. The Morgan fingerprint density at radius 3 is 2.14 bits per heavy atom. The number of carbonyl (C=O) groups excluding carboxylic acids is 1. The SMILES string of the molecule is CON(C)C(=O)c1ccc(Cl)c(Br)c1.COc1ccc(C2(c3ccc(Cl)c(Br)c3)COC(N)=N2)cc1C. The van der Waals surface area contributed by atoms with Gasteiger partial charge in [0.25, 0.3) is 11.9 Å². The highest BCUT2D eigenvalue weighted by Gasteiger charge is 2.40. The lowest BCUT2D eigenvalue weighted by molar-refractivity contribution is -0.0757. The van der Waals surface area contributed by atoms with Crippen LogP contribution in [0, 0.1) is 6.92 Å². The first-order chi connectivity index (χ1) is 17.5. The minimum atomic E-state index is -0.686. The van der Waals surface area contributed by atoms with E-state index in [9.17, 15) is 4.79 Å². The van der Waals surface area contributed by atoms with Crippen LogP contribution in [-0.2, 0) is 15.1 Å². The number of halogens is 4. The van der Waals surface area contributed by atoms with E-state index < -0.39 is 5.54 Å². The van der Waals surface area contributed by atoms with E-state index in [1.165, 1.54) is 7.11 Å². The molecule has 1 aliphatic rings. The Labute approximate surface area is 242 Å². The summed E-state index contributed by atoms with van der Waals surface area (Å²) in [7, 11) is 4.64. The summed E-state index contributed by atoms with van der Waals surface area (Å²) >= 11 is 18.6. The second-order valence-electron chi connectivity index (χ2n) is 8.03. The van der Waals surface area contributed by atoms with Crippen LogP contribution in [-0.4, -0.2) is 44.9 Å². The molecule has 1 heterocycles. The van der Waals surface area contributed by atoms with Crippen LogP contribution in [0.1, 0.15) is 27.0 Å². The van der Waals surface area contributed by atoms with Crippen LogP contribution in [0.4, 0.5) is 0 Å². The van der Waals surface area contributed by atoms with Crippen molar-refractivity contribution >= 4 is 67.0 Å². The summed E-state index contributed by atoms with van der Waals surface area (Å²) in [6, 6.07) is 16.8. The normalized spacial score (nSPS) is 16.3. The van der Waals surface area contributed by atoms with Gasteiger partial charge in [-0.1, -0.05) is 35.3 Å². The number of hydroxylamine groups is 2. The van der Waals surface area contributed by atoms with Crippen molar-refractivity contribution in [1.82, 2.24) is 5.06 Å². The van der Waals surface area contributed by atoms with Crippen molar-refractivity contribution < 1.29 is 19.1 Å². The molecule has 0 aromatic heterocycles. The van der Waals surface area contributed by atoms with Crippen LogP contribution in [0.25, 0.3) is 0 Å². The van der Waals surface area contributed by atoms with Crippen molar-refractivity contribution in [2.75, 3.05) is 27.9 Å². The van der Waals surface area contributed by atoms with Gasteiger partial charge in [0.2, 0.25) is 0 Å². The molecule has 1 unspecified atom stereocenters. The molecule has 3 aromatic carbocycles. The smallest absolute Gasteiger partial charge is 0.283 e. The number of nitrogens with zero attached hydrogens (tertiary/aromatic N) is 2. The largest absolute Gasteiger partial charge is 0.496 e. The number of amidine groups is 1. The Bertz CT molecular complexity index is 1340. The second-order valence-corrected chi connectivity index (χ2v) is 10.5. The minimum Gasteiger partial charge on any atom is -0.496 e. The van der Waals surface area contributed by atoms with E-state index in [1.54, 1.807) is 32.4 Å². The maximum Gasteiger partial charge on any atom is 0.283 e. The topological polar surface area (TPSA) is 86.4 Å². The highest BCUT2D eigenvalue weighted by atomic mass is 79.9. The van der Waals surface area contributed by atoms with E-state index in [0.717, 1.165) is 32.0 Å². The fraction of sp³-hybridized carbons (Fsp3) is 0.231. The Balaban J connectivity index is 0.000000233. The van der Waals surface area contributed by atoms with Gasteiger partial charge in [0.15, 0.2) is 5.54 Å². The molecular weight excluding hydrogens is 649 g/mol. The molecule has 1 atom stereocenters. The molecule has 0 saturated carbocycles. The first-order valence-electron chi connectivity index (χ1n) is 10.9. The van der Waals surface area contributed by atoms with Crippen LogP contribution in [0.5, 0.6) is 5.75 Å². The molecule has 1 amide bonds. The fourth-order valence-electron chi connectivity index (χ4n) is 3.68. The molecule has 0 spiro atoms. The number of hydrogen-bond donors (Lipinski definition) is 1. The molecule has 0 fully saturated rings. The average Bonchev–Trinajstić information content (AvgIpc) is 3.29. The van der Waals surface area contributed by atoms with Gasteiger partial charge in [-0.2, -0.15) is 0 Å². The van der Waals surface area contributed by atoms with Crippen molar-refractivity contribution in [3.63, 3.8) is 0 Å². The number of aliphatic imine (C=N–C) groups is 1. The Morgan fingerprint density at radius 1 is 1.03 bits per heavy atom. The second kappa shape index (κ2) is 12.5. The van der Waals surface area contributed by atoms with Gasteiger partial charge in [-0.05, 0) is 97.9 Å². The van der Waals surface area contributed by atoms with Crippen molar-refractivity contribution in [3.8, 4) is 5.75 Å². The third-order valence-electron chi connectivity index (χ3n) is 5.73. The summed E-state index contributed by atoms with van der Waals surface area (Å²) < 4.78 is 12.3. The lowest BCUT2D eigenvalue weighted by Crippen LogP contribution is -2.27. The summed E-state index contributed by atoms with van der Waals surface area (Å²) in [6.07, 6.45) is 0. The van der Waals surface area contributed by atoms with Crippen molar-refractivity contribution in [1.29, 1.82) is 0 Å². The lowest BCUT2D eigenvalue weighted by Gasteiger charge is -2.26. The zero-order valence-corrected chi connectivity index (χ0v) is 25.2. The highest BCUT2D eigenvalue weighted by molar-refractivity contribution is 9.10. The van der Waals surface area contributed by atoms with E-state index in [1.807, 2.05) is 43.3 Å². The van der Waals surface area contributed by atoms with Crippen molar-refractivity contribution in [2.24, 2.45) is 10.7 Å². The molecule has 2 N–H and O–H groups in total. The first kappa shape index (κ1) is 29.3. The zero-order chi connectivity index (χ0) is 27.3. The van der Waals surface area contributed by atoms with E-state index in [-0.39, 0.29) is 11.9 Å². The predicted molar refractivity (Wildman–Crippen MR) is 153 cm³/mol. The molecule has 0 bridgehead atoms. The van der Waals surface area contributed by atoms with Crippen LogP contribution in [0.15, 0.2) is 68.5 Å². The number of hydrogen-bond acceptors (Lipinski definition) is 6. The quantitative estimate of drug-likeness (QED) is 0.303. The van der Waals surface area contributed by atoms with Gasteiger partial charge < -0.3 is 15.2 Å². The summed E-state index contributed by atoms with van der Waals surface area (Å²) in [6.45, 7) is 2.34. The van der Waals surface area contributed by atoms with Gasteiger partial charge in [0.1, 0.15) is 12.4 Å².